The second-order valence-corrected chi connectivity index (χ2v) is 7.98. The van der Waals surface area contributed by atoms with Crippen molar-refractivity contribution < 1.29 is 22.7 Å². The number of rotatable bonds is 7. The number of thiazole rings is 1. The van der Waals surface area contributed by atoms with E-state index in [4.69, 9.17) is 4.74 Å². The molecular weight excluding hydrogens is 453 g/mol. The molecule has 4 rings (SSSR count). The fourth-order valence-electron chi connectivity index (χ4n) is 3.07. The smallest absolute Gasteiger partial charge is 0.416 e. The van der Waals surface area contributed by atoms with E-state index in [-0.39, 0.29) is 18.9 Å². The maximum atomic E-state index is 12.7. The van der Waals surface area contributed by atoms with Gasteiger partial charge in [0.25, 0.3) is 0 Å². The molecule has 0 saturated heterocycles. The molecule has 0 unspecified atom stereocenters. The Kier molecular flexibility index (Phi) is 6.45. The topological polar surface area (TPSA) is 69.0 Å². The molecule has 0 radical (unpaired) electrons. The third kappa shape index (κ3) is 5.58. The van der Waals surface area contributed by atoms with Crippen LogP contribution in [0.2, 0.25) is 0 Å². The molecule has 0 saturated carbocycles. The van der Waals surface area contributed by atoms with E-state index in [0.29, 0.717) is 22.0 Å². The molecule has 0 aliphatic rings. The van der Waals surface area contributed by atoms with E-state index in [1.54, 1.807) is 23.4 Å². The van der Waals surface area contributed by atoms with Crippen molar-refractivity contribution in [3.8, 4) is 22.0 Å². The third-order valence-electron chi connectivity index (χ3n) is 4.80. The maximum absolute atomic E-state index is 12.7. The number of hydrogen-bond donors (Lipinski definition) is 1. The van der Waals surface area contributed by atoms with Gasteiger partial charge in [-0.15, -0.1) is 11.3 Å². The summed E-state index contributed by atoms with van der Waals surface area (Å²) in [4.78, 5) is 16.7. The molecule has 2 aromatic heterocycles. The molecule has 0 aliphatic carbocycles. The molecule has 1 amide bonds. The van der Waals surface area contributed by atoms with E-state index in [2.05, 4.69) is 15.4 Å². The van der Waals surface area contributed by atoms with Crippen LogP contribution in [0, 0.1) is 0 Å². The monoisotopic (exact) mass is 472 g/mol. The molecule has 0 aliphatic heterocycles. The van der Waals surface area contributed by atoms with E-state index in [1.807, 2.05) is 30.3 Å². The Bertz CT molecular complexity index is 1230. The van der Waals surface area contributed by atoms with Gasteiger partial charge in [-0.3, -0.25) is 4.79 Å². The number of aromatic nitrogens is 3. The van der Waals surface area contributed by atoms with Gasteiger partial charge >= 0.3 is 6.18 Å². The summed E-state index contributed by atoms with van der Waals surface area (Å²) < 4.78 is 45.0. The van der Waals surface area contributed by atoms with Crippen molar-refractivity contribution in [3.63, 3.8) is 0 Å². The van der Waals surface area contributed by atoms with Crippen molar-refractivity contribution in [1.82, 2.24) is 20.1 Å². The van der Waals surface area contributed by atoms with Crippen LogP contribution in [0.3, 0.4) is 0 Å². The molecule has 0 spiro atoms. The molecular formula is C23H19F3N4O2S. The average molecular weight is 472 g/mol. The number of amides is 1. The first kappa shape index (κ1) is 22.5. The van der Waals surface area contributed by atoms with Gasteiger partial charge < -0.3 is 10.1 Å². The second kappa shape index (κ2) is 9.45. The van der Waals surface area contributed by atoms with E-state index in [1.165, 1.54) is 23.5 Å². The minimum atomic E-state index is -4.38. The molecule has 170 valence electrons. The number of ether oxygens (including phenoxy) is 1. The Labute approximate surface area is 191 Å². The molecule has 0 bridgehead atoms. The summed E-state index contributed by atoms with van der Waals surface area (Å²) in [6.07, 6.45) is -2.51. The number of nitrogens with zero attached hydrogens (tertiary/aromatic N) is 3. The van der Waals surface area contributed by atoms with Gasteiger partial charge in [0.2, 0.25) is 5.91 Å². The van der Waals surface area contributed by atoms with Gasteiger partial charge in [-0.2, -0.15) is 18.3 Å². The first-order valence-electron chi connectivity index (χ1n) is 9.89. The van der Waals surface area contributed by atoms with E-state index >= 15 is 0 Å². The van der Waals surface area contributed by atoms with Crippen LogP contribution in [0.15, 0.2) is 66.2 Å². The number of nitrogens with one attached hydrogen (secondary N) is 1. The maximum Gasteiger partial charge on any atom is 0.416 e. The van der Waals surface area contributed by atoms with Gasteiger partial charge in [-0.1, -0.05) is 12.1 Å². The Morgan fingerprint density at radius 1 is 1.06 bits per heavy atom. The van der Waals surface area contributed by atoms with Gasteiger partial charge in [-0.05, 0) is 42.5 Å². The number of hydrogen-bond acceptors (Lipinski definition) is 5. The Morgan fingerprint density at radius 2 is 1.79 bits per heavy atom. The van der Waals surface area contributed by atoms with Crippen molar-refractivity contribution >= 4 is 17.2 Å². The van der Waals surface area contributed by atoms with Crippen molar-refractivity contribution in [2.24, 2.45) is 0 Å². The van der Waals surface area contributed by atoms with Gasteiger partial charge in [0.1, 0.15) is 10.8 Å². The SMILES string of the molecule is COc1ccc(-n2ccc(CNC(=O)Cc3csc(-c4ccc(C(F)(F)F)cc4)n3)n2)cc1. The first-order chi connectivity index (χ1) is 15.8. The lowest BCUT2D eigenvalue weighted by molar-refractivity contribution is -0.137. The van der Waals surface area contributed by atoms with Crippen molar-refractivity contribution in [3.05, 3.63) is 83.1 Å². The molecule has 4 aromatic rings. The highest BCUT2D eigenvalue weighted by Crippen LogP contribution is 2.31. The lowest BCUT2D eigenvalue weighted by atomic mass is 10.1. The molecule has 6 nitrogen and oxygen atoms in total. The highest BCUT2D eigenvalue weighted by molar-refractivity contribution is 7.13. The fourth-order valence-corrected chi connectivity index (χ4v) is 3.90. The Hall–Kier alpha value is -3.66. The summed E-state index contributed by atoms with van der Waals surface area (Å²) in [5.41, 5.74) is 1.98. The number of carbonyl (C=O) groups excluding carboxylic acids is 1. The highest BCUT2D eigenvalue weighted by atomic mass is 32.1. The number of benzene rings is 2. The molecule has 10 heteroatoms. The van der Waals surface area contributed by atoms with Gasteiger partial charge in [0.05, 0.1) is 42.7 Å². The predicted molar refractivity (Wildman–Crippen MR) is 118 cm³/mol. The van der Waals surface area contributed by atoms with E-state index in [9.17, 15) is 18.0 Å². The first-order valence-corrected chi connectivity index (χ1v) is 10.8. The van der Waals surface area contributed by atoms with Gasteiger partial charge in [0, 0.05) is 17.1 Å². The van der Waals surface area contributed by atoms with Crippen LogP contribution >= 0.6 is 11.3 Å². The Morgan fingerprint density at radius 3 is 2.45 bits per heavy atom. The standard InChI is InChI=1S/C23H19F3N4O2S/c1-32-20-8-6-19(7-9-20)30-11-10-17(29-30)13-27-21(31)12-18-14-33-22(28-18)15-2-4-16(5-3-15)23(24,25)26/h2-11,14H,12-13H2,1H3,(H,27,31). The zero-order valence-electron chi connectivity index (χ0n) is 17.5. The quantitative estimate of drug-likeness (QED) is 0.416. The summed E-state index contributed by atoms with van der Waals surface area (Å²) in [6, 6.07) is 14.1. The highest BCUT2D eigenvalue weighted by Gasteiger charge is 2.30. The average Bonchev–Trinajstić information content (AvgIpc) is 3.47. The predicted octanol–water partition coefficient (Wildman–Crippen LogP) is 4.88. The van der Waals surface area contributed by atoms with Gasteiger partial charge in [-0.25, -0.2) is 9.67 Å². The van der Waals surface area contributed by atoms with Crippen LogP contribution in [0.5, 0.6) is 5.75 Å². The molecule has 0 fully saturated rings. The minimum Gasteiger partial charge on any atom is -0.497 e. The molecule has 0 atom stereocenters. The second-order valence-electron chi connectivity index (χ2n) is 7.12. The Balaban J connectivity index is 1.32. The number of halogens is 3. The summed E-state index contributed by atoms with van der Waals surface area (Å²) in [5, 5.41) is 9.55. The largest absolute Gasteiger partial charge is 0.497 e. The van der Waals surface area contributed by atoms with Crippen LogP contribution in [0.1, 0.15) is 17.0 Å². The fraction of sp³-hybridized carbons (Fsp3) is 0.174. The number of alkyl halides is 3. The molecule has 1 N–H and O–H groups in total. The zero-order chi connectivity index (χ0) is 23.4. The lowest BCUT2D eigenvalue weighted by Gasteiger charge is -2.06. The number of methoxy groups -OCH3 is 1. The van der Waals surface area contributed by atoms with Crippen LogP contribution in [0.25, 0.3) is 16.3 Å². The van der Waals surface area contributed by atoms with Crippen molar-refractivity contribution in [2.45, 2.75) is 19.1 Å². The summed E-state index contributed by atoms with van der Waals surface area (Å²) in [7, 11) is 1.60. The molecule has 2 heterocycles. The van der Waals surface area contributed by atoms with E-state index < -0.39 is 11.7 Å². The third-order valence-corrected chi connectivity index (χ3v) is 5.74. The minimum absolute atomic E-state index is 0.0658. The molecule has 2 aromatic carbocycles. The van der Waals surface area contributed by atoms with Crippen LogP contribution in [-0.4, -0.2) is 27.8 Å². The lowest BCUT2D eigenvalue weighted by Crippen LogP contribution is -2.25. The van der Waals surface area contributed by atoms with Crippen LogP contribution < -0.4 is 10.1 Å². The molecule has 33 heavy (non-hydrogen) atoms. The van der Waals surface area contributed by atoms with E-state index in [0.717, 1.165) is 23.6 Å². The number of carbonyl (C=O) groups is 1. The summed E-state index contributed by atoms with van der Waals surface area (Å²) in [5.74, 6) is 0.528. The summed E-state index contributed by atoms with van der Waals surface area (Å²) in [6.45, 7) is 0.262. The van der Waals surface area contributed by atoms with Crippen LogP contribution in [-0.2, 0) is 23.9 Å². The zero-order valence-corrected chi connectivity index (χ0v) is 18.3. The van der Waals surface area contributed by atoms with Crippen molar-refractivity contribution in [1.29, 1.82) is 0 Å². The normalized spacial score (nSPS) is 11.4. The van der Waals surface area contributed by atoms with Crippen molar-refractivity contribution in [2.75, 3.05) is 7.11 Å². The van der Waals surface area contributed by atoms with Gasteiger partial charge in [0.15, 0.2) is 0 Å². The van der Waals surface area contributed by atoms with Crippen LogP contribution in [0.4, 0.5) is 13.2 Å². The summed E-state index contributed by atoms with van der Waals surface area (Å²) >= 11 is 1.28.